The minimum absolute atomic E-state index is 0.808. The van der Waals surface area contributed by atoms with Crippen LogP contribution in [-0.4, -0.2) is 33.2 Å². The molecule has 0 radical (unpaired) electrons. The zero-order valence-electron chi connectivity index (χ0n) is 15.6. The van der Waals surface area contributed by atoms with Crippen molar-refractivity contribution in [3.8, 4) is 0 Å². The SMILES string of the molecule is CCN(CC)c1ccc(/C=C/c2cc[n+](C)cc2)cc1.COS(=O)(=O)[O-]. The molecular weight excluding hydrogens is 352 g/mol. The average Bonchev–Trinajstić information content (AvgIpc) is 2.63. The minimum atomic E-state index is -4.41. The van der Waals surface area contributed by atoms with E-state index in [2.05, 4.69) is 83.9 Å². The Morgan fingerprint density at radius 2 is 1.42 bits per heavy atom. The van der Waals surface area contributed by atoms with Gasteiger partial charge in [0.2, 0.25) is 10.4 Å². The number of hydrogen-bond donors (Lipinski definition) is 0. The first kappa shape index (κ1) is 21.8. The molecule has 7 heteroatoms. The Kier molecular flexibility index (Phi) is 8.98. The molecule has 0 saturated heterocycles. The molecule has 1 heterocycles. The Morgan fingerprint density at radius 1 is 1.00 bits per heavy atom. The summed E-state index contributed by atoms with van der Waals surface area (Å²) in [5, 5.41) is 0. The Morgan fingerprint density at radius 3 is 1.81 bits per heavy atom. The molecular formula is C19H26N2O4S. The molecule has 26 heavy (non-hydrogen) atoms. The molecule has 0 unspecified atom stereocenters. The fourth-order valence-corrected chi connectivity index (χ4v) is 2.20. The third-order valence-corrected chi connectivity index (χ3v) is 4.11. The van der Waals surface area contributed by atoms with E-state index in [4.69, 9.17) is 0 Å². The highest BCUT2D eigenvalue weighted by Crippen LogP contribution is 2.16. The summed E-state index contributed by atoms with van der Waals surface area (Å²) in [6, 6.07) is 13.0. The molecule has 6 nitrogen and oxygen atoms in total. The van der Waals surface area contributed by atoms with E-state index in [-0.39, 0.29) is 0 Å². The molecule has 0 spiro atoms. The summed E-state index contributed by atoms with van der Waals surface area (Å²) in [6.45, 7) is 6.47. The normalized spacial score (nSPS) is 11.1. The fraction of sp³-hybridized carbons (Fsp3) is 0.316. The number of rotatable bonds is 6. The molecule has 0 bridgehead atoms. The van der Waals surface area contributed by atoms with Crippen LogP contribution in [0.5, 0.6) is 0 Å². The van der Waals surface area contributed by atoms with E-state index in [1.165, 1.54) is 16.8 Å². The number of aryl methyl sites for hydroxylation is 1. The summed E-state index contributed by atoms with van der Waals surface area (Å²) in [6.07, 6.45) is 8.42. The Labute approximate surface area is 156 Å². The van der Waals surface area contributed by atoms with Gasteiger partial charge in [-0.15, -0.1) is 0 Å². The van der Waals surface area contributed by atoms with Gasteiger partial charge in [0.25, 0.3) is 0 Å². The summed E-state index contributed by atoms with van der Waals surface area (Å²) < 4.78 is 33.1. The van der Waals surface area contributed by atoms with Gasteiger partial charge in [-0.05, 0) is 37.1 Å². The van der Waals surface area contributed by atoms with Crippen molar-refractivity contribution in [2.45, 2.75) is 13.8 Å². The largest absolute Gasteiger partial charge is 0.726 e. The predicted octanol–water partition coefficient (Wildman–Crippen LogP) is 2.62. The van der Waals surface area contributed by atoms with Crippen LogP contribution in [0.4, 0.5) is 5.69 Å². The van der Waals surface area contributed by atoms with Crippen molar-refractivity contribution < 1.29 is 21.7 Å². The van der Waals surface area contributed by atoms with Gasteiger partial charge >= 0.3 is 0 Å². The van der Waals surface area contributed by atoms with Crippen LogP contribution in [0.25, 0.3) is 12.2 Å². The quantitative estimate of drug-likeness (QED) is 0.439. The third-order valence-electron chi connectivity index (χ3n) is 3.70. The first-order valence-corrected chi connectivity index (χ1v) is 9.62. The number of pyridine rings is 1. The standard InChI is InChI=1S/C18H23N2.CH4O4S/c1-4-20(5-2)18-10-8-16(9-11-18)6-7-17-12-14-19(3)15-13-17;1-5-6(2,3)4/h6-15H,4-5H2,1-3H3;1H3,(H,2,3,4)/q+1;/p-1. The van der Waals surface area contributed by atoms with Gasteiger partial charge in [0.05, 0.1) is 7.11 Å². The Hall–Kier alpha value is -2.22. The topological polar surface area (TPSA) is 73.5 Å². The maximum Gasteiger partial charge on any atom is 0.217 e. The summed E-state index contributed by atoms with van der Waals surface area (Å²) in [5.41, 5.74) is 3.74. The third kappa shape index (κ3) is 8.24. The van der Waals surface area contributed by atoms with Crippen molar-refractivity contribution in [2.24, 2.45) is 7.05 Å². The van der Waals surface area contributed by atoms with Crippen molar-refractivity contribution in [2.75, 3.05) is 25.1 Å². The summed E-state index contributed by atoms with van der Waals surface area (Å²) in [5.74, 6) is 0. The van der Waals surface area contributed by atoms with E-state index in [9.17, 15) is 13.0 Å². The highest BCUT2D eigenvalue weighted by atomic mass is 32.3. The van der Waals surface area contributed by atoms with Gasteiger partial charge in [0.15, 0.2) is 12.4 Å². The molecule has 0 amide bonds. The Balaban J connectivity index is 0.000000487. The van der Waals surface area contributed by atoms with Gasteiger partial charge in [0.1, 0.15) is 7.05 Å². The second kappa shape index (κ2) is 10.7. The zero-order chi connectivity index (χ0) is 19.6. The molecule has 1 aromatic carbocycles. The highest BCUT2D eigenvalue weighted by Gasteiger charge is 2.00. The lowest BCUT2D eigenvalue weighted by molar-refractivity contribution is -0.671. The van der Waals surface area contributed by atoms with Crippen LogP contribution in [-0.2, 0) is 21.6 Å². The van der Waals surface area contributed by atoms with Crippen molar-refractivity contribution in [3.05, 3.63) is 59.9 Å². The smallest absolute Gasteiger partial charge is 0.217 e. The number of aromatic nitrogens is 1. The summed E-state index contributed by atoms with van der Waals surface area (Å²) in [7, 11) is -1.58. The van der Waals surface area contributed by atoms with Gasteiger partial charge in [-0.3, -0.25) is 4.18 Å². The van der Waals surface area contributed by atoms with E-state index in [0.29, 0.717) is 0 Å². The van der Waals surface area contributed by atoms with Crippen LogP contribution >= 0.6 is 0 Å². The first-order valence-electron chi connectivity index (χ1n) is 8.28. The molecule has 0 aliphatic carbocycles. The van der Waals surface area contributed by atoms with E-state index in [1.807, 2.05) is 11.6 Å². The molecule has 0 fully saturated rings. The van der Waals surface area contributed by atoms with Crippen LogP contribution in [0, 0.1) is 0 Å². The molecule has 0 aliphatic heterocycles. The number of anilines is 1. The first-order chi connectivity index (χ1) is 12.3. The molecule has 0 aliphatic rings. The molecule has 1 aromatic heterocycles. The summed E-state index contributed by atoms with van der Waals surface area (Å²) >= 11 is 0. The minimum Gasteiger partial charge on any atom is -0.726 e. The van der Waals surface area contributed by atoms with Gasteiger partial charge in [-0.25, -0.2) is 13.0 Å². The van der Waals surface area contributed by atoms with Crippen molar-refractivity contribution in [1.82, 2.24) is 0 Å². The predicted molar refractivity (Wildman–Crippen MR) is 103 cm³/mol. The molecule has 0 atom stereocenters. The average molecular weight is 378 g/mol. The monoisotopic (exact) mass is 378 g/mol. The van der Waals surface area contributed by atoms with Gasteiger partial charge < -0.3 is 9.45 Å². The lowest BCUT2D eigenvalue weighted by atomic mass is 10.1. The second-order valence-electron chi connectivity index (χ2n) is 5.47. The van der Waals surface area contributed by atoms with Crippen LogP contribution in [0.3, 0.4) is 0 Å². The summed E-state index contributed by atoms with van der Waals surface area (Å²) in [4.78, 5) is 2.35. The van der Waals surface area contributed by atoms with E-state index >= 15 is 0 Å². The van der Waals surface area contributed by atoms with Gasteiger partial charge in [-0.2, -0.15) is 0 Å². The van der Waals surface area contributed by atoms with Crippen molar-refractivity contribution in [1.29, 1.82) is 0 Å². The molecule has 2 rings (SSSR count). The van der Waals surface area contributed by atoms with E-state index < -0.39 is 10.4 Å². The van der Waals surface area contributed by atoms with Crippen LogP contribution in [0.15, 0.2) is 48.8 Å². The highest BCUT2D eigenvalue weighted by molar-refractivity contribution is 7.80. The second-order valence-corrected chi connectivity index (χ2v) is 6.62. The van der Waals surface area contributed by atoms with Crippen LogP contribution < -0.4 is 9.47 Å². The van der Waals surface area contributed by atoms with Gasteiger partial charge in [-0.1, -0.05) is 24.3 Å². The van der Waals surface area contributed by atoms with Crippen LogP contribution in [0.1, 0.15) is 25.0 Å². The zero-order valence-corrected chi connectivity index (χ0v) is 16.4. The lowest BCUT2D eigenvalue weighted by Crippen LogP contribution is -2.25. The number of benzene rings is 1. The fourth-order valence-electron chi connectivity index (χ4n) is 2.20. The molecule has 0 N–H and O–H groups in total. The molecule has 0 saturated carbocycles. The van der Waals surface area contributed by atoms with Crippen molar-refractivity contribution in [3.63, 3.8) is 0 Å². The van der Waals surface area contributed by atoms with E-state index in [0.717, 1.165) is 20.2 Å². The molecule has 2 aromatic rings. The number of nitrogens with zero attached hydrogens (tertiary/aromatic N) is 2. The van der Waals surface area contributed by atoms with Gasteiger partial charge in [0, 0.05) is 30.9 Å². The van der Waals surface area contributed by atoms with Crippen molar-refractivity contribution >= 4 is 28.2 Å². The Bertz CT molecular complexity index is 781. The van der Waals surface area contributed by atoms with Crippen LogP contribution in [0.2, 0.25) is 0 Å². The number of hydrogen-bond acceptors (Lipinski definition) is 5. The lowest BCUT2D eigenvalue weighted by Gasteiger charge is -2.20. The van der Waals surface area contributed by atoms with E-state index in [1.54, 1.807) is 0 Å². The maximum absolute atomic E-state index is 9.22. The maximum atomic E-state index is 9.22. The molecule has 142 valence electrons.